The summed E-state index contributed by atoms with van der Waals surface area (Å²) >= 11 is 3.21. The van der Waals surface area contributed by atoms with Crippen molar-refractivity contribution in [2.24, 2.45) is 0 Å². The van der Waals surface area contributed by atoms with Crippen molar-refractivity contribution < 1.29 is 29.3 Å². The predicted octanol–water partition coefficient (Wildman–Crippen LogP) is 2.19. The highest BCUT2D eigenvalue weighted by Gasteiger charge is 2.08. The van der Waals surface area contributed by atoms with Crippen LogP contribution in [0.4, 0.5) is 0 Å². The average molecular weight is 406 g/mol. The second-order valence-corrected chi connectivity index (χ2v) is 5.79. The zero-order valence-electron chi connectivity index (χ0n) is 13.2. The summed E-state index contributed by atoms with van der Waals surface area (Å²) in [5.41, 5.74) is 1.09. The Bertz CT molecular complexity index is 811. The minimum atomic E-state index is -1.32. The molecule has 0 amide bonds. The van der Waals surface area contributed by atoms with Crippen molar-refractivity contribution in [1.82, 2.24) is 0 Å². The second-order valence-electron chi connectivity index (χ2n) is 4.94. The molecule has 0 aromatic heterocycles. The zero-order valence-corrected chi connectivity index (χ0v) is 14.8. The number of carbonyl (C=O) groups is 2. The zero-order chi connectivity index (χ0) is 18.4. The first kappa shape index (κ1) is 18.5. The number of rotatable bonds is 7. The molecule has 0 aliphatic rings. The van der Waals surface area contributed by atoms with Gasteiger partial charge in [0.2, 0.25) is 0 Å². The standard InChI is InChI=1S/C18H15BrO6/c1-24-16-9-11(8-14(19)18(16)23)2-7-15(20)12-3-5-13(6-4-12)25-10-17(21)22/h2-9,23H,10H2,1H3,(H,21,22)/p-1/b7-2+. The second kappa shape index (κ2) is 8.34. The number of carbonyl (C=O) groups excluding carboxylic acids is 2. The normalized spacial score (nSPS) is 10.6. The number of allylic oxidation sites excluding steroid dienone is 1. The molecule has 0 saturated carbocycles. The van der Waals surface area contributed by atoms with Gasteiger partial charge in [-0.1, -0.05) is 6.08 Å². The molecule has 0 unspecified atom stereocenters. The van der Waals surface area contributed by atoms with E-state index in [2.05, 4.69) is 15.9 Å². The highest BCUT2D eigenvalue weighted by Crippen LogP contribution is 2.35. The Morgan fingerprint density at radius 1 is 1.24 bits per heavy atom. The Kier molecular flexibility index (Phi) is 6.19. The van der Waals surface area contributed by atoms with Crippen LogP contribution in [0.2, 0.25) is 0 Å². The van der Waals surface area contributed by atoms with Crippen LogP contribution >= 0.6 is 15.9 Å². The first-order valence-electron chi connectivity index (χ1n) is 7.12. The minimum Gasteiger partial charge on any atom is -0.546 e. The van der Waals surface area contributed by atoms with E-state index in [9.17, 15) is 19.8 Å². The molecular formula is C18H14BrO6-. The maximum absolute atomic E-state index is 12.2. The fourth-order valence-electron chi connectivity index (χ4n) is 1.97. The van der Waals surface area contributed by atoms with E-state index in [1.54, 1.807) is 18.2 Å². The molecule has 0 bridgehead atoms. The van der Waals surface area contributed by atoms with Crippen LogP contribution in [0.3, 0.4) is 0 Å². The van der Waals surface area contributed by atoms with Crippen LogP contribution in [0.5, 0.6) is 17.2 Å². The van der Waals surface area contributed by atoms with Crippen LogP contribution in [-0.2, 0) is 4.79 Å². The van der Waals surface area contributed by atoms with Crippen molar-refractivity contribution >= 4 is 33.8 Å². The van der Waals surface area contributed by atoms with Crippen molar-refractivity contribution in [3.05, 3.63) is 58.1 Å². The third-order valence-corrected chi connectivity index (χ3v) is 3.80. The number of hydrogen-bond donors (Lipinski definition) is 1. The number of aromatic hydroxyl groups is 1. The number of carboxylic acids is 1. The summed E-state index contributed by atoms with van der Waals surface area (Å²) in [6.45, 7) is -0.551. The summed E-state index contributed by atoms with van der Waals surface area (Å²) in [5, 5.41) is 20.1. The van der Waals surface area contributed by atoms with Gasteiger partial charge in [-0.3, -0.25) is 4.79 Å². The van der Waals surface area contributed by atoms with E-state index in [4.69, 9.17) is 9.47 Å². The van der Waals surface area contributed by atoms with E-state index in [1.807, 2.05) is 0 Å². The van der Waals surface area contributed by atoms with Crippen molar-refractivity contribution in [3.63, 3.8) is 0 Å². The first-order valence-corrected chi connectivity index (χ1v) is 7.91. The average Bonchev–Trinajstić information content (AvgIpc) is 2.60. The Labute approximate surface area is 152 Å². The number of ether oxygens (including phenoxy) is 2. The van der Waals surface area contributed by atoms with Crippen LogP contribution in [-0.4, -0.2) is 30.6 Å². The van der Waals surface area contributed by atoms with Gasteiger partial charge >= 0.3 is 0 Å². The summed E-state index contributed by atoms with van der Waals surface area (Å²) in [7, 11) is 1.43. The molecule has 130 valence electrons. The van der Waals surface area contributed by atoms with Crippen molar-refractivity contribution in [1.29, 1.82) is 0 Å². The number of methoxy groups -OCH3 is 1. The molecule has 0 spiro atoms. The van der Waals surface area contributed by atoms with E-state index >= 15 is 0 Å². The smallest absolute Gasteiger partial charge is 0.185 e. The summed E-state index contributed by atoms with van der Waals surface area (Å²) < 4.78 is 10.5. The highest BCUT2D eigenvalue weighted by molar-refractivity contribution is 9.10. The van der Waals surface area contributed by atoms with Crippen LogP contribution in [0.15, 0.2) is 46.9 Å². The van der Waals surface area contributed by atoms with E-state index < -0.39 is 12.6 Å². The number of ketones is 1. The molecule has 0 heterocycles. The predicted molar refractivity (Wildman–Crippen MR) is 92.7 cm³/mol. The Morgan fingerprint density at radius 3 is 2.52 bits per heavy atom. The molecule has 2 aromatic rings. The Balaban J connectivity index is 2.10. The monoisotopic (exact) mass is 405 g/mol. The highest BCUT2D eigenvalue weighted by atomic mass is 79.9. The van der Waals surface area contributed by atoms with Gasteiger partial charge in [0.25, 0.3) is 0 Å². The number of carboxylic acid groups (broad SMARTS) is 1. The van der Waals surface area contributed by atoms with Gasteiger partial charge in [-0.2, -0.15) is 0 Å². The third-order valence-electron chi connectivity index (χ3n) is 3.19. The van der Waals surface area contributed by atoms with Gasteiger partial charge in [0.1, 0.15) is 12.4 Å². The minimum absolute atomic E-state index is 0.0156. The van der Waals surface area contributed by atoms with Crippen LogP contribution in [0.1, 0.15) is 15.9 Å². The maximum Gasteiger partial charge on any atom is 0.185 e. The number of phenolic OH excluding ortho intramolecular Hbond substituents is 1. The van der Waals surface area contributed by atoms with E-state index in [0.717, 1.165) is 0 Å². The van der Waals surface area contributed by atoms with Crippen LogP contribution in [0.25, 0.3) is 6.08 Å². The van der Waals surface area contributed by atoms with Gasteiger partial charge in [0, 0.05) is 5.56 Å². The Hall–Kier alpha value is -2.80. The van der Waals surface area contributed by atoms with E-state index in [-0.39, 0.29) is 17.3 Å². The summed E-state index contributed by atoms with van der Waals surface area (Å²) in [6, 6.07) is 9.32. The van der Waals surface area contributed by atoms with E-state index in [0.29, 0.717) is 21.3 Å². The molecule has 0 radical (unpaired) electrons. The van der Waals surface area contributed by atoms with Gasteiger partial charge in [-0.25, -0.2) is 0 Å². The molecule has 2 aromatic carbocycles. The van der Waals surface area contributed by atoms with E-state index in [1.165, 1.54) is 37.5 Å². The fourth-order valence-corrected chi connectivity index (χ4v) is 2.43. The molecule has 6 nitrogen and oxygen atoms in total. The number of aliphatic carboxylic acids is 1. The molecule has 1 N–H and O–H groups in total. The number of phenols is 1. The van der Waals surface area contributed by atoms with Crippen molar-refractivity contribution in [2.75, 3.05) is 13.7 Å². The lowest BCUT2D eigenvalue weighted by molar-refractivity contribution is -0.307. The molecule has 0 saturated heterocycles. The van der Waals surface area contributed by atoms with Crippen LogP contribution in [0, 0.1) is 0 Å². The summed E-state index contributed by atoms with van der Waals surface area (Å²) in [5.74, 6) is -0.959. The number of hydrogen-bond acceptors (Lipinski definition) is 6. The summed E-state index contributed by atoms with van der Waals surface area (Å²) in [6.07, 6.45) is 2.98. The largest absolute Gasteiger partial charge is 0.546 e. The van der Waals surface area contributed by atoms with Gasteiger partial charge in [0.15, 0.2) is 17.3 Å². The quantitative estimate of drug-likeness (QED) is 0.560. The van der Waals surface area contributed by atoms with Crippen molar-refractivity contribution in [2.45, 2.75) is 0 Å². The Morgan fingerprint density at radius 2 is 1.92 bits per heavy atom. The van der Waals surface area contributed by atoms with Gasteiger partial charge in [-0.05, 0) is 64.0 Å². The molecular weight excluding hydrogens is 392 g/mol. The lowest BCUT2D eigenvalue weighted by atomic mass is 10.1. The molecule has 0 aliphatic carbocycles. The third kappa shape index (κ3) is 5.09. The fraction of sp³-hybridized carbons (Fsp3) is 0.111. The molecule has 0 fully saturated rings. The molecule has 25 heavy (non-hydrogen) atoms. The lowest BCUT2D eigenvalue weighted by Crippen LogP contribution is -2.28. The lowest BCUT2D eigenvalue weighted by Gasteiger charge is -2.07. The van der Waals surface area contributed by atoms with Gasteiger partial charge in [-0.15, -0.1) is 0 Å². The summed E-state index contributed by atoms with van der Waals surface area (Å²) in [4.78, 5) is 22.5. The first-order chi connectivity index (χ1) is 11.9. The molecule has 2 rings (SSSR count). The topological polar surface area (TPSA) is 95.9 Å². The maximum atomic E-state index is 12.2. The number of halogens is 1. The van der Waals surface area contributed by atoms with Crippen molar-refractivity contribution in [3.8, 4) is 17.2 Å². The van der Waals surface area contributed by atoms with Gasteiger partial charge < -0.3 is 24.5 Å². The van der Waals surface area contributed by atoms with Crippen LogP contribution < -0.4 is 14.6 Å². The van der Waals surface area contributed by atoms with Gasteiger partial charge in [0.05, 0.1) is 17.6 Å². The molecule has 0 atom stereocenters. The molecule has 7 heteroatoms. The molecule has 0 aliphatic heterocycles. The number of benzene rings is 2. The SMILES string of the molecule is COc1cc(/C=C/C(=O)c2ccc(OCC(=O)[O-])cc2)cc(Br)c1O.